The second-order valence-electron chi connectivity index (χ2n) is 12.2. The van der Waals surface area contributed by atoms with Gasteiger partial charge in [-0.1, -0.05) is 23.7 Å². The molecule has 13 heteroatoms. The Bertz CT molecular complexity index is 1680. The Morgan fingerprint density at radius 1 is 1.02 bits per heavy atom. The lowest BCUT2D eigenvalue weighted by Crippen LogP contribution is -2.46. The van der Waals surface area contributed by atoms with Crippen molar-refractivity contribution in [3.8, 4) is 11.8 Å². The monoisotopic (exact) mass is 659 g/mol. The van der Waals surface area contributed by atoms with E-state index >= 15 is 0 Å². The topological polar surface area (TPSA) is 141 Å². The number of amides is 3. The average Bonchev–Trinajstić information content (AvgIpc) is 3.07. The summed E-state index contributed by atoms with van der Waals surface area (Å²) in [4.78, 5) is 40.8. The molecule has 1 saturated carbocycles. The van der Waals surface area contributed by atoms with E-state index in [2.05, 4.69) is 30.6 Å². The number of nitrogens with one attached hydrogen (secondary N) is 2. The summed E-state index contributed by atoms with van der Waals surface area (Å²) in [5.74, 6) is -0.770. The number of anilines is 1. The van der Waals surface area contributed by atoms with Crippen LogP contribution in [0.3, 0.4) is 0 Å². The van der Waals surface area contributed by atoms with Crippen LogP contribution in [0, 0.1) is 17.1 Å². The lowest BCUT2D eigenvalue weighted by molar-refractivity contribution is -0.134. The Morgan fingerprint density at radius 2 is 1.81 bits per heavy atom. The Kier molecular flexibility index (Phi) is 9.94. The van der Waals surface area contributed by atoms with Gasteiger partial charge in [-0.3, -0.25) is 24.6 Å². The van der Waals surface area contributed by atoms with Crippen molar-refractivity contribution in [3.63, 3.8) is 0 Å². The molecule has 3 amide bonds. The first-order valence-corrected chi connectivity index (χ1v) is 16.2. The van der Waals surface area contributed by atoms with E-state index < -0.39 is 17.6 Å². The molecule has 3 aliphatic rings. The van der Waals surface area contributed by atoms with Crippen molar-refractivity contribution >= 4 is 35.1 Å². The first kappa shape index (κ1) is 32.3. The van der Waals surface area contributed by atoms with Gasteiger partial charge in [0.2, 0.25) is 11.8 Å². The van der Waals surface area contributed by atoms with Gasteiger partial charge in [-0.2, -0.15) is 5.26 Å². The maximum Gasteiger partial charge on any atom is 0.272 e. The number of hydrogen-bond donors (Lipinski definition) is 2. The van der Waals surface area contributed by atoms with Crippen LogP contribution in [0.1, 0.15) is 71.6 Å². The highest BCUT2D eigenvalue weighted by Crippen LogP contribution is 2.29. The van der Waals surface area contributed by atoms with Gasteiger partial charge in [0.1, 0.15) is 17.6 Å². The number of ether oxygens (including phenoxy) is 1. The summed E-state index contributed by atoms with van der Waals surface area (Å²) in [6, 6.07) is 15.6. The number of rotatable bonds is 8. The van der Waals surface area contributed by atoms with E-state index in [-0.39, 0.29) is 36.1 Å². The highest BCUT2D eigenvalue weighted by Gasteiger charge is 2.30. The molecule has 6 rings (SSSR count). The van der Waals surface area contributed by atoms with E-state index in [9.17, 15) is 18.8 Å². The van der Waals surface area contributed by atoms with Gasteiger partial charge in [0, 0.05) is 56.8 Å². The minimum Gasteiger partial charge on any atom is -0.490 e. The van der Waals surface area contributed by atoms with Crippen molar-refractivity contribution in [1.82, 2.24) is 25.7 Å². The number of nitrogens with zero attached hydrogens (tertiary/aromatic N) is 5. The summed E-state index contributed by atoms with van der Waals surface area (Å²) in [6.07, 6.45) is 3.63. The van der Waals surface area contributed by atoms with Crippen LogP contribution in [0.2, 0.25) is 5.02 Å². The van der Waals surface area contributed by atoms with Crippen LogP contribution in [0.15, 0.2) is 48.5 Å². The predicted octanol–water partition coefficient (Wildman–Crippen LogP) is 4.10. The number of halogens is 2. The number of carbonyl (C=O) groups excluding carboxylic acids is 3. The van der Waals surface area contributed by atoms with Crippen LogP contribution in [0.4, 0.5) is 10.2 Å². The molecule has 244 valence electrons. The predicted molar refractivity (Wildman–Crippen MR) is 171 cm³/mol. The van der Waals surface area contributed by atoms with Gasteiger partial charge < -0.3 is 15.0 Å². The molecule has 2 aromatic carbocycles. The lowest BCUT2D eigenvalue weighted by Gasteiger charge is -2.35. The molecule has 3 fully saturated rings. The standard InChI is InChI=1S/C34H35ClFN7O4/c35-28-18-25(5-2-22(28)19-37)47-24-6-3-23(4-7-24)38-34(46)30-10-11-31(41-40-30)43-15-13-42(14-16-43)20-21-1-8-26(29(36)17-21)27-9-12-32(44)39-33(27)45/h1-2,5,8,10-11,17-18,23-24,27H,3-4,6-7,9,12-16,20H2,(H,38,46)(H,39,44,45). The van der Waals surface area contributed by atoms with Crippen molar-refractivity contribution < 1.29 is 23.5 Å². The second kappa shape index (κ2) is 14.4. The van der Waals surface area contributed by atoms with Crippen molar-refractivity contribution in [2.45, 2.75) is 63.1 Å². The molecule has 0 bridgehead atoms. The van der Waals surface area contributed by atoms with Crippen LogP contribution in [-0.4, -0.2) is 71.1 Å². The smallest absolute Gasteiger partial charge is 0.272 e. The number of piperazine rings is 1. The maximum atomic E-state index is 14.9. The molecule has 2 aliphatic heterocycles. The Morgan fingerprint density at radius 3 is 2.47 bits per heavy atom. The highest BCUT2D eigenvalue weighted by atomic mass is 35.5. The number of piperidine rings is 1. The first-order valence-electron chi connectivity index (χ1n) is 15.9. The molecule has 1 aliphatic carbocycles. The Balaban J connectivity index is 0.936. The molecule has 11 nitrogen and oxygen atoms in total. The third-order valence-electron chi connectivity index (χ3n) is 9.04. The van der Waals surface area contributed by atoms with Crippen molar-refractivity contribution in [1.29, 1.82) is 5.26 Å². The van der Waals surface area contributed by atoms with Crippen molar-refractivity contribution in [2.75, 3.05) is 31.1 Å². The van der Waals surface area contributed by atoms with Gasteiger partial charge >= 0.3 is 0 Å². The molecule has 0 radical (unpaired) electrons. The molecule has 3 heterocycles. The quantitative estimate of drug-likeness (QED) is 0.342. The van der Waals surface area contributed by atoms with Crippen molar-refractivity contribution in [2.24, 2.45) is 0 Å². The zero-order chi connectivity index (χ0) is 32.9. The fourth-order valence-electron chi connectivity index (χ4n) is 6.39. The van der Waals surface area contributed by atoms with E-state index in [1.54, 1.807) is 30.3 Å². The van der Waals surface area contributed by atoms with E-state index in [1.165, 1.54) is 6.07 Å². The summed E-state index contributed by atoms with van der Waals surface area (Å²) in [7, 11) is 0. The summed E-state index contributed by atoms with van der Waals surface area (Å²) in [5.41, 5.74) is 1.82. The molecular weight excluding hydrogens is 625 g/mol. The van der Waals surface area contributed by atoms with Crippen molar-refractivity contribution in [3.05, 3.63) is 81.8 Å². The minimum absolute atomic E-state index is 0.0124. The normalized spacial score (nSPS) is 21.9. The highest BCUT2D eigenvalue weighted by molar-refractivity contribution is 6.31. The number of hydrogen-bond acceptors (Lipinski definition) is 9. The fourth-order valence-corrected chi connectivity index (χ4v) is 6.60. The van der Waals surface area contributed by atoms with E-state index in [4.69, 9.17) is 21.6 Å². The molecule has 47 heavy (non-hydrogen) atoms. The number of carbonyl (C=O) groups is 3. The molecule has 2 N–H and O–H groups in total. The molecular formula is C34H35ClFN7O4. The molecule has 1 aromatic heterocycles. The Hall–Kier alpha value is -4.60. The van der Waals surface area contributed by atoms with Crippen LogP contribution in [0.5, 0.6) is 5.75 Å². The molecule has 1 atom stereocenters. The first-order chi connectivity index (χ1) is 22.7. The van der Waals surface area contributed by atoms with Gasteiger partial charge in [-0.15, -0.1) is 10.2 Å². The van der Waals surface area contributed by atoms with Gasteiger partial charge in [0.15, 0.2) is 11.5 Å². The van der Waals surface area contributed by atoms with Gasteiger partial charge in [-0.05, 0) is 68.0 Å². The van der Waals surface area contributed by atoms with Crippen LogP contribution in [-0.2, 0) is 16.1 Å². The number of benzene rings is 2. The number of imide groups is 1. The molecule has 1 unspecified atom stereocenters. The summed E-state index contributed by atoms with van der Waals surface area (Å²) in [5, 5.41) is 23.3. The van der Waals surface area contributed by atoms with Crippen LogP contribution >= 0.6 is 11.6 Å². The minimum atomic E-state index is -0.647. The maximum absolute atomic E-state index is 14.9. The number of nitriles is 1. The van der Waals surface area contributed by atoms with Crippen LogP contribution in [0.25, 0.3) is 0 Å². The zero-order valence-electron chi connectivity index (χ0n) is 25.8. The average molecular weight is 660 g/mol. The molecule has 3 aromatic rings. The lowest BCUT2D eigenvalue weighted by atomic mass is 9.89. The summed E-state index contributed by atoms with van der Waals surface area (Å²) < 4.78 is 21.0. The second-order valence-corrected chi connectivity index (χ2v) is 12.6. The fraction of sp³-hybridized carbons (Fsp3) is 0.412. The van der Waals surface area contributed by atoms with E-state index in [0.29, 0.717) is 53.8 Å². The molecule has 0 spiro atoms. The SMILES string of the molecule is N#Cc1ccc(OC2CCC(NC(=O)c3ccc(N4CCN(Cc5ccc(C6CCC(=O)NC6=O)c(F)c5)CC4)nn3)CC2)cc1Cl. The van der Waals surface area contributed by atoms with E-state index in [0.717, 1.165) is 44.3 Å². The third kappa shape index (κ3) is 7.86. The largest absolute Gasteiger partial charge is 0.490 e. The van der Waals surface area contributed by atoms with Gasteiger partial charge in [-0.25, -0.2) is 4.39 Å². The summed E-state index contributed by atoms with van der Waals surface area (Å²) in [6.45, 7) is 3.47. The third-order valence-corrected chi connectivity index (χ3v) is 9.35. The van der Waals surface area contributed by atoms with Gasteiger partial charge in [0.05, 0.1) is 22.6 Å². The van der Waals surface area contributed by atoms with Crippen LogP contribution < -0.4 is 20.3 Å². The molecule has 2 saturated heterocycles. The van der Waals surface area contributed by atoms with Gasteiger partial charge in [0.25, 0.3) is 5.91 Å². The Labute approximate surface area is 277 Å². The number of aromatic nitrogens is 2. The zero-order valence-corrected chi connectivity index (χ0v) is 26.5. The summed E-state index contributed by atoms with van der Waals surface area (Å²) >= 11 is 6.11. The van der Waals surface area contributed by atoms with E-state index in [1.807, 2.05) is 18.2 Å².